The number of nitrogens with zero attached hydrogens (tertiary/aromatic N) is 2. The van der Waals surface area contributed by atoms with Crippen molar-refractivity contribution in [3.05, 3.63) is 105 Å². The molecule has 8 heteroatoms. The van der Waals surface area contributed by atoms with Gasteiger partial charge < -0.3 is 4.90 Å². The summed E-state index contributed by atoms with van der Waals surface area (Å²) in [7, 11) is 0. The third-order valence-corrected chi connectivity index (χ3v) is 7.65. The van der Waals surface area contributed by atoms with Gasteiger partial charge in [0.1, 0.15) is 6.04 Å². The van der Waals surface area contributed by atoms with Gasteiger partial charge in [0.2, 0.25) is 11.8 Å². The van der Waals surface area contributed by atoms with Crippen LogP contribution in [-0.2, 0) is 9.59 Å². The molecule has 35 heavy (non-hydrogen) atoms. The van der Waals surface area contributed by atoms with Gasteiger partial charge in [-0.25, -0.2) is 4.90 Å². The Morgan fingerprint density at radius 2 is 1.43 bits per heavy atom. The van der Waals surface area contributed by atoms with E-state index in [0.717, 1.165) is 16.0 Å². The van der Waals surface area contributed by atoms with E-state index in [0.29, 0.717) is 26.3 Å². The largest absolute Gasteiger partial charge is 0.358 e. The lowest BCUT2D eigenvalue weighted by Crippen LogP contribution is -2.44. The number of benzene rings is 3. The molecule has 5 nitrogen and oxygen atoms in total. The smallest absolute Gasteiger partial charge is 0.240 e. The van der Waals surface area contributed by atoms with E-state index in [1.807, 2.05) is 41.4 Å². The van der Waals surface area contributed by atoms with Gasteiger partial charge in [-0.2, -0.15) is 0 Å². The third-order valence-electron chi connectivity index (χ3n) is 6.96. The van der Waals surface area contributed by atoms with E-state index in [9.17, 15) is 14.4 Å². The average Bonchev–Trinajstić information content (AvgIpc) is 3.31. The van der Waals surface area contributed by atoms with Crippen molar-refractivity contribution in [2.45, 2.75) is 12.1 Å². The molecule has 6 rings (SSSR count). The molecule has 4 atom stereocenters. The van der Waals surface area contributed by atoms with E-state index < -0.39 is 29.8 Å². The predicted molar refractivity (Wildman–Crippen MR) is 136 cm³/mol. The average molecular weight is 524 g/mol. The highest BCUT2D eigenvalue weighted by Crippen LogP contribution is 2.54. The first-order chi connectivity index (χ1) is 16.8. The fourth-order valence-corrected chi connectivity index (χ4v) is 6.21. The SMILES string of the molecule is O=C(c1ccc(Cl)cc1)[C@H]1[C@H]2C(=O)N(c3cc(Cl)cc(Cl)c3)C(=O)[C@H]2C2c3ccccc3C=CN21. The number of fused-ring (bicyclic) bond motifs is 5. The molecule has 3 aromatic carbocycles. The number of rotatable bonds is 3. The first-order valence-electron chi connectivity index (χ1n) is 11.0. The lowest BCUT2D eigenvalue weighted by atomic mass is 9.83. The van der Waals surface area contributed by atoms with Crippen LogP contribution in [0.25, 0.3) is 6.08 Å². The molecule has 2 saturated heterocycles. The molecule has 2 amide bonds. The maximum absolute atomic E-state index is 13.9. The summed E-state index contributed by atoms with van der Waals surface area (Å²) in [6.45, 7) is 0. The minimum absolute atomic E-state index is 0.240. The molecule has 0 saturated carbocycles. The monoisotopic (exact) mass is 522 g/mol. The van der Waals surface area contributed by atoms with Crippen molar-refractivity contribution in [3.63, 3.8) is 0 Å². The number of anilines is 1. The van der Waals surface area contributed by atoms with Crippen molar-refractivity contribution in [1.82, 2.24) is 4.90 Å². The van der Waals surface area contributed by atoms with Gasteiger partial charge in [-0.15, -0.1) is 0 Å². The van der Waals surface area contributed by atoms with Crippen molar-refractivity contribution < 1.29 is 14.4 Å². The van der Waals surface area contributed by atoms with Crippen LogP contribution in [0.3, 0.4) is 0 Å². The molecular formula is C27H17Cl3N2O3. The zero-order valence-electron chi connectivity index (χ0n) is 18.1. The quantitative estimate of drug-likeness (QED) is 0.310. The fourth-order valence-electron chi connectivity index (χ4n) is 5.56. The zero-order valence-corrected chi connectivity index (χ0v) is 20.3. The topological polar surface area (TPSA) is 57.7 Å². The maximum atomic E-state index is 13.9. The van der Waals surface area contributed by atoms with Crippen LogP contribution in [0, 0.1) is 11.8 Å². The summed E-state index contributed by atoms with van der Waals surface area (Å²) in [5, 5.41) is 1.13. The number of amides is 2. The standard InChI is InChI=1S/C27H17Cl3N2O3/c28-16-7-5-15(6-8-16)25(33)24-22-21(23-20-4-2-1-3-14(20)9-10-31(23)24)26(34)32(27(22)35)19-12-17(29)11-18(30)13-19/h1-13,21-24H/t21-,22+,23?,24-/m1/s1. The molecule has 0 aromatic heterocycles. The van der Waals surface area contributed by atoms with Crippen LogP contribution in [-0.4, -0.2) is 28.5 Å². The maximum Gasteiger partial charge on any atom is 0.240 e. The zero-order chi connectivity index (χ0) is 24.4. The van der Waals surface area contributed by atoms with Crippen molar-refractivity contribution in [3.8, 4) is 0 Å². The Labute approximate surface area is 216 Å². The van der Waals surface area contributed by atoms with Crippen molar-refractivity contribution in [1.29, 1.82) is 0 Å². The molecule has 3 aliphatic heterocycles. The van der Waals surface area contributed by atoms with E-state index in [1.165, 1.54) is 18.2 Å². The summed E-state index contributed by atoms with van der Waals surface area (Å²) in [5.74, 6) is -2.66. The molecule has 0 aliphatic carbocycles. The van der Waals surface area contributed by atoms with Gasteiger partial charge in [0.25, 0.3) is 0 Å². The first-order valence-corrected chi connectivity index (χ1v) is 12.2. The molecule has 0 N–H and O–H groups in total. The number of carbonyl (C=O) groups is 3. The van der Waals surface area contributed by atoms with Gasteiger partial charge in [-0.3, -0.25) is 14.4 Å². The normalized spacial score (nSPS) is 24.4. The van der Waals surface area contributed by atoms with Gasteiger partial charge in [0, 0.05) is 26.8 Å². The minimum atomic E-state index is -0.871. The summed E-state index contributed by atoms with van der Waals surface area (Å²) >= 11 is 18.4. The van der Waals surface area contributed by atoms with Crippen molar-refractivity contribution in [2.24, 2.45) is 11.8 Å². The molecular weight excluding hydrogens is 507 g/mol. The Hall–Kier alpha value is -3.12. The van der Waals surface area contributed by atoms with Crippen LogP contribution in [0.2, 0.25) is 15.1 Å². The van der Waals surface area contributed by atoms with E-state index in [-0.39, 0.29) is 11.7 Å². The number of imide groups is 1. The number of Topliss-reactive ketones (excluding diaryl/α,β-unsaturated/α-hetero) is 1. The van der Waals surface area contributed by atoms with Gasteiger partial charge in [-0.1, -0.05) is 59.1 Å². The molecule has 3 heterocycles. The third kappa shape index (κ3) is 3.41. The summed E-state index contributed by atoms with van der Waals surface area (Å²) < 4.78 is 0. The first kappa shape index (κ1) is 22.4. The highest BCUT2D eigenvalue weighted by Gasteiger charge is 2.64. The number of hydrogen-bond acceptors (Lipinski definition) is 4. The molecule has 1 unspecified atom stereocenters. The highest BCUT2D eigenvalue weighted by molar-refractivity contribution is 6.36. The molecule has 174 valence electrons. The van der Waals surface area contributed by atoms with Crippen molar-refractivity contribution >= 4 is 64.2 Å². The molecule has 3 aromatic rings. The van der Waals surface area contributed by atoms with Gasteiger partial charge in [-0.05, 0) is 59.7 Å². The number of carbonyl (C=O) groups excluding carboxylic acids is 3. The van der Waals surface area contributed by atoms with Crippen LogP contribution in [0.5, 0.6) is 0 Å². The molecule has 2 fully saturated rings. The minimum Gasteiger partial charge on any atom is -0.358 e. The van der Waals surface area contributed by atoms with Crippen LogP contribution in [0.4, 0.5) is 5.69 Å². The van der Waals surface area contributed by atoms with Crippen LogP contribution in [0.15, 0.2) is 72.9 Å². The lowest BCUT2D eigenvalue weighted by molar-refractivity contribution is -0.123. The number of hydrogen-bond donors (Lipinski definition) is 0. The summed E-state index contributed by atoms with van der Waals surface area (Å²) in [6.07, 6.45) is 3.74. The van der Waals surface area contributed by atoms with E-state index in [2.05, 4.69) is 0 Å². The Balaban J connectivity index is 1.50. The molecule has 3 aliphatic rings. The Kier molecular flexibility index (Phi) is 5.26. The summed E-state index contributed by atoms with van der Waals surface area (Å²) in [4.78, 5) is 44.6. The highest BCUT2D eigenvalue weighted by atomic mass is 35.5. The summed E-state index contributed by atoms with van der Waals surface area (Å²) in [6, 6.07) is 17.6. The van der Waals surface area contributed by atoms with Gasteiger partial charge in [0.15, 0.2) is 5.78 Å². The van der Waals surface area contributed by atoms with E-state index >= 15 is 0 Å². The second kappa shape index (κ2) is 8.23. The lowest BCUT2D eigenvalue weighted by Gasteiger charge is -2.35. The van der Waals surface area contributed by atoms with Gasteiger partial charge in [0.05, 0.1) is 23.6 Å². The Morgan fingerprint density at radius 1 is 0.771 bits per heavy atom. The predicted octanol–water partition coefficient (Wildman–Crippen LogP) is 6.05. The molecule has 0 spiro atoms. The van der Waals surface area contributed by atoms with Gasteiger partial charge >= 0.3 is 0 Å². The van der Waals surface area contributed by atoms with E-state index in [1.54, 1.807) is 24.3 Å². The Bertz CT molecular complexity index is 1420. The second-order valence-electron chi connectivity index (χ2n) is 8.84. The van der Waals surface area contributed by atoms with Crippen LogP contribution < -0.4 is 4.90 Å². The Morgan fingerprint density at radius 3 is 2.14 bits per heavy atom. The van der Waals surface area contributed by atoms with Crippen LogP contribution in [0.1, 0.15) is 27.5 Å². The summed E-state index contributed by atoms with van der Waals surface area (Å²) in [5.41, 5.74) is 2.59. The fraction of sp³-hybridized carbons (Fsp3) is 0.148. The van der Waals surface area contributed by atoms with E-state index in [4.69, 9.17) is 34.8 Å². The van der Waals surface area contributed by atoms with Crippen molar-refractivity contribution in [2.75, 3.05) is 4.90 Å². The molecule has 0 bridgehead atoms. The number of ketones is 1. The molecule has 0 radical (unpaired) electrons. The van der Waals surface area contributed by atoms with Crippen LogP contribution >= 0.6 is 34.8 Å². The second-order valence-corrected chi connectivity index (χ2v) is 10.2. The number of halogens is 3.